The molecule has 0 heterocycles. The molecule has 20 heavy (non-hydrogen) atoms. The maximum atomic E-state index is 11.1. The van der Waals surface area contributed by atoms with Crippen molar-refractivity contribution in [1.29, 1.82) is 0 Å². The average Bonchev–Trinajstić information content (AvgIpc) is 2.46. The monoisotopic (exact) mass is 276 g/mol. The van der Waals surface area contributed by atoms with Gasteiger partial charge < -0.3 is 14.2 Å². The summed E-state index contributed by atoms with van der Waals surface area (Å²) in [6, 6.07) is 5.20. The second kappa shape index (κ2) is 8.56. The molecule has 0 saturated heterocycles. The Hall–Kier alpha value is -2.52. The summed E-state index contributed by atoms with van der Waals surface area (Å²) in [5, 5.41) is 3.79. The van der Waals surface area contributed by atoms with Gasteiger partial charge in [-0.2, -0.15) is 5.10 Å². The zero-order valence-electron chi connectivity index (χ0n) is 11.4. The number of methoxy groups -OCH3 is 2. The summed E-state index contributed by atoms with van der Waals surface area (Å²) < 4.78 is 15.2. The number of amides is 1. The number of nitrogens with zero attached hydrogens (tertiary/aromatic N) is 1. The molecule has 0 aromatic heterocycles. The maximum absolute atomic E-state index is 11.1. The fraction of sp³-hybridized carbons (Fsp3) is 0.286. The summed E-state index contributed by atoms with van der Waals surface area (Å²) in [6.07, 6.45) is 6.62. The van der Waals surface area contributed by atoms with Crippen LogP contribution in [0.15, 0.2) is 23.3 Å². The van der Waals surface area contributed by atoms with Crippen molar-refractivity contribution in [3.8, 4) is 23.8 Å². The minimum atomic E-state index is -0.329. The van der Waals surface area contributed by atoms with Crippen LogP contribution in [0.5, 0.6) is 11.5 Å². The predicted molar refractivity (Wildman–Crippen MR) is 74.9 cm³/mol. The first-order valence-corrected chi connectivity index (χ1v) is 5.76. The highest BCUT2D eigenvalue weighted by molar-refractivity contribution is 5.83. The Labute approximate surface area is 117 Å². The third-order valence-electron chi connectivity index (χ3n) is 2.18. The second-order valence-corrected chi connectivity index (χ2v) is 3.63. The Morgan fingerprint density at radius 1 is 1.45 bits per heavy atom. The molecule has 1 N–H and O–H groups in total. The SMILES string of the molecule is C#CCOc1ccc(C=NNC(=O)COC)cc1OC. The van der Waals surface area contributed by atoms with E-state index < -0.39 is 0 Å². The van der Waals surface area contributed by atoms with E-state index in [0.717, 1.165) is 5.56 Å². The molecular formula is C14H16N2O4. The predicted octanol–water partition coefficient (Wildman–Crippen LogP) is 0.804. The van der Waals surface area contributed by atoms with Crippen molar-refractivity contribution in [2.24, 2.45) is 5.10 Å². The van der Waals surface area contributed by atoms with Crippen LogP contribution in [-0.4, -0.2) is 39.6 Å². The van der Waals surface area contributed by atoms with Gasteiger partial charge in [-0.15, -0.1) is 6.42 Å². The third kappa shape index (κ3) is 5.00. The van der Waals surface area contributed by atoms with Gasteiger partial charge in [-0.25, -0.2) is 5.43 Å². The van der Waals surface area contributed by atoms with Crippen molar-refractivity contribution in [1.82, 2.24) is 5.43 Å². The number of rotatable bonds is 7. The molecule has 0 saturated carbocycles. The van der Waals surface area contributed by atoms with Crippen molar-refractivity contribution >= 4 is 12.1 Å². The number of benzene rings is 1. The van der Waals surface area contributed by atoms with Crippen molar-refractivity contribution in [3.05, 3.63) is 23.8 Å². The first kappa shape index (κ1) is 15.5. The van der Waals surface area contributed by atoms with Crippen LogP contribution >= 0.6 is 0 Å². The maximum Gasteiger partial charge on any atom is 0.266 e. The molecule has 6 nitrogen and oxygen atoms in total. The summed E-state index contributed by atoms with van der Waals surface area (Å²) in [4.78, 5) is 11.1. The van der Waals surface area contributed by atoms with Gasteiger partial charge in [0.25, 0.3) is 5.91 Å². The molecule has 0 spiro atoms. The molecule has 0 aliphatic heterocycles. The molecule has 0 fully saturated rings. The van der Waals surface area contributed by atoms with Crippen LogP contribution < -0.4 is 14.9 Å². The van der Waals surface area contributed by atoms with Gasteiger partial charge in [0, 0.05) is 7.11 Å². The fourth-order valence-corrected chi connectivity index (χ4v) is 1.35. The first-order valence-electron chi connectivity index (χ1n) is 5.76. The summed E-state index contributed by atoms with van der Waals surface area (Å²) in [5.41, 5.74) is 3.07. The molecule has 106 valence electrons. The van der Waals surface area contributed by atoms with Gasteiger partial charge >= 0.3 is 0 Å². The van der Waals surface area contributed by atoms with Crippen molar-refractivity contribution in [2.75, 3.05) is 27.4 Å². The van der Waals surface area contributed by atoms with Crippen LogP contribution in [0.1, 0.15) is 5.56 Å². The van der Waals surface area contributed by atoms with Crippen LogP contribution in [0.2, 0.25) is 0 Å². The van der Waals surface area contributed by atoms with Crippen molar-refractivity contribution < 1.29 is 19.0 Å². The van der Waals surface area contributed by atoms with Crippen LogP contribution in [0, 0.1) is 12.3 Å². The lowest BCUT2D eigenvalue weighted by Gasteiger charge is -2.08. The van der Waals surface area contributed by atoms with Gasteiger partial charge in [0.2, 0.25) is 0 Å². The smallest absolute Gasteiger partial charge is 0.266 e. The van der Waals surface area contributed by atoms with Gasteiger partial charge in [0.15, 0.2) is 11.5 Å². The molecule has 0 aliphatic rings. The molecule has 0 bridgehead atoms. The average molecular weight is 276 g/mol. The minimum absolute atomic E-state index is 0.0421. The zero-order valence-corrected chi connectivity index (χ0v) is 11.4. The fourth-order valence-electron chi connectivity index (χ4n) is 1.35. The lowest BCUT2D eigenvalue weighted by molar-refractivity contribution is -0.124. The van der Waals surface area contributed by atoms with E-state index in [1.54, 1.807) is 18.2 Å². The number of nitrogens with one attached hydrogen (secondary N) is 1. The van der Waals surface area contributed by atoms with Gasteiger partial charge in [-0.05, 0) is 23.8 Å². The minimum Gasteiger partial charge on any atom is -0.493 e. The van der Waals surface area contributed by atoms with Crippen LogP contribution in [-0.2, 0) is 9.53 Å². The molecule has 1 rings (SSSR count). The Morgan fingerprint density at radius 2 is 2.25 bits per heavy atom. The van der Waals surface area contributed by atoms with Crippen molar-refractivity contribution in [2.45, 2.75) is 0 Å². The highest BCUT2D eigenvalue weighted by Crippen LogP contribution is 2.27. The van der Waals surface area contributed by atoms with E-state index in [4.69, 9.17) is 15.9 Å². The normalized spacial score (nSPS) is 10.1. The van der Waals surface area contributed by atoms with Gasteiger partial charge in [-0.1, -0.05) is 5.92 Å². The number of hydrogen-bond donors (Lipinski definition) is 1. The molecule has 0 radical (unpaired) electrons. The third-order valence-corrected chi connectivity index (χ3v) is 2.18. The standard InChI is InChI=1S/C14H16N2O4/c1-4-7-20-12-6-5-11(8-13(12)19-3)9-15-16-14(17)10-18-2/h1,5-6,8-9H,7,10H2,2-3H3,(H,16,17). The molecule has 1 aromatic carbocycles. The van der Waals surface area contributed by atoms with E-state index >= 15 is 0 Å². The van der Waals surface area contributed by atoms with E-state index in [1.807, 2.05) is 0 Å². The number of carbonyl (C=O) groups is 1. The number of terminal acetylenes is 1. The Kier molecular flexibility index (Phi) is 6.65. The molecule has 1 aromatic rings. The van der Waals surface area contributed by atoms with Crippen LogP contribution in [0.4, 0.5) is 0 Å². The van der Waals surface area contributed by atoms with E-state index in [2.05, 4.69) is 21.2 Å². The Balaban J connectivity index is 2.70. The number of carbonyl (C=O) groups excluding carboxylic acids is 1. The van der Waals surface area contributed by atoms with Gasteiger partial charge in [-0.3, -0.25) is 4.79 Å². The van der Waals surface area contributed by atoms with E-state index in [0.29, 0.717) is 11.5 Å². The van der Waals surface area contributed by atoms with Gasteiger partial charge in [0.1, 0.15) is 13.2 Å². The largest absolute Gasteiger partial charge is 0.493 e. The van der Waals surface area contributed by atoms with E-state index in [-0.39, 0.29) is 19.1 Å². The number of hydrogen-bond acceptors (Lipinski definition) is 5. The molecule has 0 atom stereocenters. The zero-order chi connectivity index (χ0) is 14.8. The molecule has 6 heteroatoms. The molecule has 1 amide bonds. The number of ether oxygens (including phenoxy) is 3. The second-order valence-electron chi connectivity index (χ2n) is 3.63. The van der Waals surface area contributed by atoms with Crippen LogP contribution in [0.3, 0.4) is 0 Å². The Morgan fingerprint density at radius 3 is 2.90 bits per heavy atom. The quantitative estimate of drug-likeness (QED) is 0.454. The number of hydrazone groups is 1. The summed E-state index contributed by atoms with van der Waals surface area (Å²) in [5.74, 6) is 3.13. The van der Waals surface area contributed by atoms with Gasteiger partial charge in [0.05, 0.1) is 13.3 Å². The van der Waals surface area contributed by atoms with Crippen molar-refractivity contribution in [3.63, 3.8) is 0 Å². The summed E-state index contributed by atoms with van der Waals surface area (Å²) in [6.45, 7) is 0.121. The molecule has 0 aliphatic carbocycles. The highest BCUT2D eigenvalue weighted by Gasteiger charge is 2.04. The van der Waals surface area contributed by atoms with E-state index in [1.165, 1.54) is 20.4 Å². The lowest BCUT2D eigenvalue weighted by atomic mass is 10.2. The summed E-state index contributed by atoms with van der Waals surface area (Å²) in [7, 11) is 2.96. The summed E-state index contributed by atoms with van der Waals surface area (Å²) >= 11 is 0. The lowest BCUT2D eigenvalue weighted by Crippen LogP contribution is -2.22. The molecule has 0 unspecified atom stereocenters. The molecular weight excluding hydrogens is 260 g/mol. The van der Waals surface area contributed by atoms with E-state index in [9.17, 15) is 4.79 Å². The first-order chi connectivity index (χ1) is 9.71. The van der Waals surface area contributed by atoms with Crippen LogP contribution in [0.25, 0.3) is 0 Å². The highest BCUT2D eigenvalue weighted by atomic mass is 16.5. The Bertz CT molecular complexity index is 520. The topological polar surface area (TPSA) is 69.2 Å².